The zero-order valence-corrected chi connectivity index (χ0v) is 20.1. The van der Waals surface area contributed by atoms with Gasteiger partial charge in [0.25, 0.3) is 5.91 Å². The second-order valence-electron chi connectivity index (χ2n) is 8.61. The molecule has 1 amide bonds. The van der Waals surface area contributed by atoms with E-state index in [0.29, 0.717) is 5.56 Å². The van der Waals surface area contributed by atoms with Gasteiger partial charge in [-0.3, -0.25) is 4.79 Å². The highest BCUT2D eigenvalue weighted by Gasteiger charge is 2.25. The number of halogens is 1. The van der Waals surface area contributed by atoms with Crippen molar-refractivity contribution in [3.8, 4) is 5.69 Å². The number of anilines is 1. The topological polar surface area (TPSA) is 46.4 Å². The Kier molecular flexibility index (Phi) is 6.16. The van der Waals surface area contributed by atoms with Gasteiger partial charge < -0.3 is 9.88 Å². The third-order valence-electron chi connectivity index (χ3n) is 6.29. The number of aryl methyl sites for hydroxylation is 2. The lowest BCUT2D eigenvalue weighted by Crippen LogP contribution is -2.14. The Morgan fingerprint density at radius 2 is 1.79 bits per heavy atom. The lowest BCUT2D eigenvalue weighted by molar-refractivity contribution is 0.102. The second kappa shape index (κ2) is 9.39. The highest BCUT2D eigenvalue weighted by molar-refractivity contribution is 7.16. The van der Waals surface area contributed by atoms with E-state index in [2.05, 4.69) is 16.0 Å². The van der Waals surface area contributed by atoms with Gasteiger partial charge in [-0.25, -0.2) is 9.38 Å². The van der Waals surface area contributed by atoms with Crippen molar-refractivity contribution in [2.24, 2.45) is 4.99 Å². The number of benzene rings is 2. The number of hydrogen-bond acceptors (Lipinski definition) is 3. The lowest BCUT2D eigenvalue weighted by Gasteiger charge is -2.12. The molecule has 0 saturated heterocycles. The average Bonchev–Trinajstić information content (AvgIpc) is 3.35. The molecule has 4 aromatic rings. The van der Waals surface area contributed by atoms with Crippen molar-refractivity contribution >= 4 is 34.1 Å². The number of hydrogen-bond donors (Lipinski definition) is 1. The summed E-state index contributed by atoms with van der Waals surface area (Å²) in [5.74, 6) is -0.356. The Labute approximate surface area is 202 Å². The first-order valence-electron chi connectivity index (χ1n) is 11.5. The van der Waals surface area contributed by atoms with Crippen LogP contribution in [-0.2, 0) is 12.8 Å². The fourth-order valence-corrected chi connectivity index (χ4v) is 5.86. The van der Waals surface area contributed by atoms with Crippen molar-refractivity contribution in [2.45, 2.75) is 39.5 Å². The van der Waals surface area contributed by atoms with Gasteiger partial charge in [0.15, 0.2) is 0 Å². The number of rotatable bonds is 5. The first-order valence-corrected chi connectivity index (χ1v) is 12.3. The number of carbonyl (C=O) groups excluding carboxylic acids is 1. The molecule has 2 aromatic carbocycles. The quantitative estimate of drug-likeness (QED) is 0.308. The fourth-order valence-electron chi connectivity index (χ4n) is 4.63. The molecule has 0 unspecified atom stereocenters. The van der Waals surface area contributed by atoms with Gasteiger partial charge in [0, 0.05) is 39.4 Å². The minimum absolute atomic E-state index is 0.102. The summed E-state index contributed by atoms with van der Waals surface area (Å²) < 4.78 is 15.5. The van der Waals surface area contributed by atoms with Gasteiger partial charge in [-0.05, 0) is 87.6 Å². The largest absolute Gasteiger partial charge is 0.322 e. The monoisotopic (exact) mass is 471 g/mol. The molecule has 6 heteroatoms. The standard InChI is InChI=1S/C28H26FN3OS/c1-18-16-20(19(2)32(18)23-14-12-21(29)13-15-23)17-30-28-26(24-10-6-7-11-25(24)34-28)27(33)31-22-8-4-3-5-9-22/h3-5,8-9,12-17H,6-7,10-11H2,1-2H3,(H,31,33). The second-order valence-corrected chi connectivity index (χ2v) is 9.69. The van der Waals surface area contributed by atoms with E-state index in [-0.39, 0.29) is 11.7 Å². The summed E-state index contributed by atoms with van der Waals surface area (Å²) >= 11 is 1.63. The molecule has 0 fully saturated rings. The van der Waals surface area contributed by atoms with Gasteiger partial charge in [-0.1, -0.05) is 18.2 Å². The summed E-state index contributed by atoms with van der Waals surface area (Å²) in [6.45, 7) is 4.05. The van der Waals surface area contributed by atoms with E-state index in [1.165, 1.54) is 17.0 Å². The molecule has 0 saturated carbocycles. The van der Waals surface area contributed by atoms with Crippen LogP contribution in [0.5, 0.6) is 0 Å². The van der Waals surface area contributed by atoms with Crippen LogP contribution in [0.4, 0.5) is 15.1 Å². The first-order chi connectivity index (χ1) is 16.5. The Hall–Kier alpha value is -3.51. The molecule has 34 heavy (non-hydrogen) atoms. The predicted octanol–water partition coefficient (Wildman–Crippen LogP) is 7.18. The Morgan fingerprint density at radius 1 is 1.06 bits per heavy atom. The summed E-state index contributed by atoms with van der Waals surface area (Å²) in [4.78, 5) is 19.4. The van der Waals surface area contributed by atoms with Crippen LogP contribution in [0, 0.1) is 19.7 Å². The minimum atomic E-state index is -0.254. The highest BCUT2D eigenvalue weighted by Crippen LogP contribution is 2.40. The number of nitrogens with one attached hydrogen (secondary N) is 1. The maximum Gasteiger partial charge on any atom is 0.259 e. The van der Waals surface area contributed by atoms with Crippen LogP contribution >= 0.6 is 11.3 Å². The van der Waals surface area contributed by atoms with Crippen LogP contribution in [0.15, 0.2) is 65.7 Å². The maximum atomic E-state index is 13.4. The van der Waals surface area contributed by atoms with Crippen LogP contribution in [0.2, 0.25) is 0 Å². The van der Waals surface area contributed by atoms with E-state index in [4.69, 9.17) is 4.99 Å². The van der Waals surface area contributed by atoms with Gasteiger partial charge in [0.05, 0.1) is 5.56 Å². The van der Waals surface area contributed by atoms with Crippen LogP contribution < -0.4 is 5.32 Å². The normalized spacial score (nSPS) is 13.3. The molecule has 5 rings (SSSR count). The molecule has 0 spiro atoms. The maximum absolute atomic E-state index is 13.4. The molecule has 1 N–H and O–H groups in total. The third kappa shape index (κ3) is 4.33. The molecule has 2 aromatic heterocycles. The van der Waals surface area contributed by atoms with E-state index in [1.54, 1.807) is 23.5 Å². The zero-order valence-electron chi connectivity index (χ0n) is 19.3. The number of amides is 1. The van der Waals surface area contributed by atoms with E-state index >= 15 is 0 Å². The molecule has 172 valence electrons. The summed E-state index contributed by atoms with van der Waals surface area (Å²) in [5.41, 5.74) is 6.57. The number of thiophene rings is 1. The Morgan fingerprint density at radius 3 is 2.56 bits per heavy atom. The van der Waals surface area contributed by atoms with E-state index in [0.717, 1.165) is 64.6 Å². The van der Waals surface area contributed by atoms with Gasteiger partial charge in [0.2, 0.25) is 0 Å². The third-order valence-corrected chi connectivity index (χ3v) is 7.49. The molecular weight excluding hydrogens is 445 g/mol. The van der Waals surface area contributed by atoms with Crippen LogP contribution in [0.1, 0.15) is 50.6 Å². The predicted molar refractivity (Wildman–Crippen MR) is 138 cm³/mol. The molecule has 0 aliphatic heterocycles. The molecule has 4 nitrogen and oxygen atoms in total. The first kappa shape index (κ1) is 22.3. The molecule has 0 radical (unpaired) electrons. The molecule has 2 heterocycles. The van der Waals surface area contributed by atoms with Crippen molar-refractivity contribution in [1.82, 2.24) is 4.57 Å². The van der Waals surface area contributed by atoms with Crippen molar-refractivity contribution in [1.29, 1.82) is 0 Å². The minimum Gasteiger partial charge on any atom is -0.322 e. The Bertz CT molecular complexity index is 1370. The molecular formula is C28H26FN3OS. The van der Waals surface area contributed by atoms with Crippen LogP contribution in [-0.4, -0.2) is 16.7 Å². The van der Waals surface area contributed by atoms with Crippen molar-refractivity contribution in [2.75, 3.05) is 5.32 Å². The number of carbonyl (C=O) groups is 1. The van der Waals surface area contributed by atoms with Crippen LogP contribution in [0.3, 0.4) is 0 Å². The average molecular weight is 472 g/mol. The van der Waals surface area contributed by atoms with Crippen molar-refractivity contribution in [3.63, 3.8) is 0 Å². The van der Waals surface area contributed by atoms with Gasteiger partial charge >= 0.3 is 0 Å². The molecule has 1 aliphatic rings. The fraction of sp³-hybridized carbons (Fsp3) is 0.214. The van der Waals surface area contributed by atoms with Gasteiger partial charge in [0.1, 0.15) is 10.8 Å². The van der Waals surface area contributed by atoms with Crippen molar-refractivity contribution < 1.29 is 9.18 Å². The zero-order chi connectivity index (χ0) is 23.7. The SMILES string of the molecule is Cc1cc(C=Nc2sc3c(c2C(=O)Nc2ccccc2)CCCC3)c(C)n1-c1ccc(F)cc1. The van der Waals surface area contributed by atoms with Gasteiger partial charge in [-0.15, -0.1) is 11.3 Å². The summed E-state index contributed by atoms with van der Waals surface area (Å²) in [5, 5.41) is 3.80. The summed E-state index contributed by atoms with van der Waals surface area (Å²) in [7, 11) is 0. The number of fused-ring (bicyclic) bond motifs is 1. The van der Waals surface area contributed by atoms with Crippen molar-refractivity contribution in [3.05, 3.63) is 99.4 Å². The number of nitrogens with zero attached hydrogens (tertiary/aromatic N) is 2. The molecule has 1 aliphatic carbocycles. The molecule has 0 bridgehead atoms. The van der Waals surface area contributed by atoms with E-state index < -0.39 is 0 Å². The highest BCUT2D eigenvalue weighted by atomic mass is 32.1. The number of aromatic nitrogens is 1. The summed E-state index contributed by atoms with van der Waals surface area (Å²) in [6.07, 6.45) is 6.00. The number of para-hydroxylation sites is 1. The molecule has 0 atom stereocenters. The van der Waals surface area contributed by atoms with Gasteiger partial charge in [-0.2, -0.15) is 0 Å². The summed E-state index contributed by atoms with van der Waals surface area (Å²) in [6, 6.07) is 18.1. The van der Waals surface area contributed by atoms with Crippen LogP contribution in [0.25, 0.3) is 5.69 Å². The van der Waals surface area contributed by atoms with E-state index in [1.807, 2.05) is 50.4 Å². The van der Waals surface area contributed by atoms with E-state index in [9.17, 15) is 9.18 Å². The number of aliphatic imine (C=N–C) groups is 1. The lowest BCUT2D eigenvalue weighted by atomic mass is 9.95. The smallest absolute Gasteiger partial charge is 0.259 e. The Balaban J connectivity index is 1.50.